The van der Waals surface area contributed by atoms with Gasteiger partial charge in [-0.1, -0.05) is 48.0 Å². The zero-order valence-electron chi connectivity index (χ0n) is 18.2. The number of halogens is 4. The van der Waals surface area contributed by atoms with Gasteiger partial charge in [0, 0.05) is 11.1 Å². The molecular weight excluding hydrogens is 485 g/mol. The number of aliphatic carboxylic acids is 1. The highest BCUT2D eigenvalue weighted by molar-refractivity contribution is 6.33. The van der Waals surface area contributed by atoms with E-state index < -0.39 is 34.9 Å². The Labute approximate surface area is 204 Å². The third-order valence-electron chi connectivity index (χ3n) is 5.39. The van der Waals surface area contributed by atoms with Crippen LogP contribution >= 0.6 is 11.6 Å². The maximum Gasteiger partial charge on any atom is 0.419 e. The lowest BCUT2D eigenvalue weighted by Gasteiger charge is -2.15. The Kier molecular flexibility index (Phi) is 7.86. The second-order valence-electron chi connectivity index (χ2n) is 7.62. The molecule has 0 spiro atoms. The second kappa shape index (κ2) is 10.7. The van der Waals surface area contributed by atoms with Gasteiger partial charge in [-0.3, -0.25) is 9.59 Å². The first kappa shape index (κ1) is 25.8. The van der Waals surface area contributed by atoms with E-state index in [1.807, 2.05) is 0 Å². The summed E-state index contributed by atoms with van der Waals surface area (Å²) in [5.41, 5.74) is 0.294. The number of hydrogen-bond donors (Lipinski definition) is 2. The molecule has 3 aromatic rings. The Bertz CT molecular complexity index is 1250. The van der Waals surface area contributed by atoms with Crippen LogP contribution in [0.5, 0.6) is 11.5 Å². The average Bonchev–Trinajstić information content (AvgIpc) is 2.80. The highest BCUT2D eigenvalue weighted by Gasteiger charge is 2.35. The number of aldehydes is 1. The number of benzene rings is 3. The van der Waals surface area contributed by atoms with Gasteiger partial charge in [0.2, 0.25) is 0 Å². The van der Waals surface area contributed by atoms with Gasteiger partial charge in [-0.25, -0.2) is 0 Å². The first-order chi connectivity index (χ1) is 16.6. The number of carbonyl (C=O) groups is 2. The van der Waals surface area contributed by atoms with E-state index in [0.717, 1.165) is 11.6 Å². The minimum atomic E-state index is -4.80. The summed E-state index contributed by atoms with van der Waals surface area (Å²) in [6.45, 7) is 3.31. The van der Waals surface area contributed by atoms with Gasteiger partial charge in [-0.05, 0) is 41.8 Å². The molecule has 3 aromatic carbocycles. The smallest absolute Gasteiger partial charge is 0.419 e. The van der Waals surface area contributed by atoms with E-state index >= 15 is 0 Å². The predicted octanol–water partition coefficient (Wildman–Crippen LogP) is 6.87. The van der Waals surface area contributed by atoms with Crippen molar-refractivity contribution in [3.8, 4) is 22.6 Å². The quantitative estimate of drug-likeness (QED) is 0.245. The normalized spacial score (nSPS) is 12.1. The molecule has 0 heterocycles. The van der Waals surface area contributed by atoms with E-state index in [2.05, 4.69) is 6.58 Å². The van der Waals surface area contributed by atoms with Crippen LogP contribution in [-0.4, -0.2) is 22.5 Å². The van der Waals surface area contributed by atoms with Crippen LogP contribution in [0.2, 0.25) is 5.02 Å². The molecule has 182 valence electrons. The summed E-state index contributed by atoms with van der Waals surface area (Å²) in [6.07, 6.45) is -2.81. The van der Waals surface area contributed by atoms with Crippen molar-refractivity contribution in [2.24, 2.45) is 0 Å². The zero-order valence-corrected chi connectivity index (χ0v) is 18.9. The highest BCUT2D eigenvalue weighted by atomic mass is 35.5. The van der Waals surface area contributed by atoms with E-state index in [9.17, 15) is 33.0 Å². The summed E-state index contributed by atoms with van der Waals surface area (Å²) < 4.78 is 44.4. The van der Waals surface area contributed by atoms with Crippen molar-refractivity contribution in [3.63, 3.8) is 0 Å². The number of allylic oxidation sites excluding steroid dienone is 1. The number of carboxylic acids is 1. The minimum absolute atomic E-state index is 0.0776. The fourth-order valence-electron chi connectivity index (χ4n) is 3.56. The molecule has 9 heteroatoms. The lowest BCUT2D eigenvalue weighted by atomic mass is 9.94. The maximum absolute atomic E-state index is 12.9. The Morgan fingerprint density at radius 3 is 2.34 bits per heavy atom. The van der Waals surface area contributed by atoms with Crippen molar-refractivity contribution in [2.45, 2.75) is 25.1 Å². The molecule has 0 aliphatic rings. The van der Waals surface area contributed by atoms with E-state index in [0.29, 0.717) is 34.4 Å². The van der Waals surface area contributed by atoms with E-state index in [4.69, 9.17) is 16.3 Å². The van der Waals surface area contributed by atoms with E-state index in [1.54, 1.807) is 42.5 Å². The standard InChI is InChI=1S/C26H20ClF3O5/c1-2-3-20(25(33)34)16-6-4-15(5-7-16)19-10-9-18(12-23(19)27)35-14-17-8-11-22(26(28,29)30)24(32)21(17)13-31/h2,4-13,20,32H,1,3,14H2,(H,33,34). The molecule has 0 amide bonds. The molecule has 0 aromatic heterocycles. The molecule has 0 aliphatic heterocycles. The van der Waals surface area contributed by atoms with Gasteiger partial charge in [0.1, 0.15) is 18.1 Å². The summed E-state index contributed by atoms with van der Waals surface area (Å²) in [5.74, 6) is -2.50. The van der Waals surface area contributed by atoms with Gasteiger partial charge in [0.25, 0.3) is 0 Å². The molecular formula is C26H20ClF3O5. The third kappa shape index (κ3) is 5.84. The van der Waals surface area contributed by atoms with Gasteiger partial charge in [0.05, 0.1) is 22.1 Å². The molecule has 0 saturated carbocycles. The molecule has 5 nitrogen and oxygen atoms in total. The number of phenols is 1. The number of aromatic hydroxyl groups is 1. The van der Waals surface area contributed by atoms with Crippen LogP contribution in [0, 0.1) is 0 Å². The molecule has 1 atom stereocenters. The summed E-state index contributed by atoms with van der Waals surface area (Å²) in [5, 5.41) is 19.6. The van der Waals surface area contributed by atoms with E-state index in [-0.39, 0.29) is 18.5 Å². The largest absolute Gasteiger partial charge is 0.507 e. The van der Waals surface area contributed by atoms with Crippen LogP contribution in [0.3, 0.4) is 0 Å². The molecule has 3 rings (SSSR count). The number of alkyl halides is 3. The number of phenolic OH excluding ortho intramolecular Hbond substituents is 1. The topological polar surface area (TPSA) is 83.8 Å². The van der Waals surface area contributed by atoms with Gasteiger partial charge in [-0.2, -0.15) is 13.2 Å². The van der Waals surface area contributed by atoms with Crippen molar-refractivity contribution < 1.29 is 37.7 Å². The van der Waals surface area contributed by atoms with Crippen molar-refractivity contribution in [1.82, 2.24) is 0 Å². The van der Waals surface area contributed by atoms with Gasteiger partial charge in [-0.15, -0.1) is 6.58 Å². The molecule has 1 unspecified atom stereocenters. The van der Waals surface area contributed by atoms with Crippen LogP contribution in [0.1, 0.15) is 39.4 Å². The van der Waals surface area contributed by atoms with Crippen LogP contribution in [0.4, 0.5) is 13.2 Å². The minimum Gasteiger partial charge on any atom is -0.507 e. The van der Waals surface area contributed by atoms with E-state index in [1.165, 1.54) is 6.07 Å². The van der Waals surface area contributed by atoms with Crippen molar-refractivity contribution in [1.29, 1.82) is 0 Å². The van der Waals surface area contributed by atoms with Crippen molar-refractivity contribution >= 4 is 23.9 Å². The number of carbonyl (C=O) groups excluding carboxylic acids is 1. The van der Waals surface area contributed by atoms with Crippen LogP contribution in [0.15, 0.2) is 67.3 Å². The molecule has 0 aliphatic carbocycles. The summed E-state index contributed by atoms with van der Waals surface area (Å²) >= 11 is 6.39. The number of rotatable bonds is 9. The van der Waals surface area contributed by atoms with Crippen LogP contribution < -0.4 is 4.74 Å². The third-order valence-corrected chi connectivity index (χ3v) is 5.70. The Morgan fingerprint density at radius 2 is 1.80 bits per heavy atom. The molecule has 35 heavy (non-hydrogen) atoms. The summed E-state index contributed by atoms with van der Waals surface area (Å²) in [4.78, 5) is 22.7. The number of hydrogen-bond acceptors (Lipinski definition) is 4. The van der Waals surface area contributed by atoms with Gasteiger partial charge < -0.3 is 14.9 Å². The number of ether oxygens (including phenoxy) is 1. The zero-order chi connectivity index (χ0) is 25.8. The fraction of sp³-hybridized carbons (Fsp3) is 0.154. The van der Waals surface area contributed by atoms with Crippen molar-refractivity contribution in [2.75, 3.05) is 0 Å². The fourth-order valence-corrected chi connectivity index (χ4v) is 3.84. The lowest BCUT2D eigenvalue weighted by molar-refractivity contribution is -0.139. The SMILES string of the molecule is C=CCC(C(=O)O)c1ccc(-c2ccc(OCc3ccc(C(F)(F)F)c(O)c3C=O)cc2Cl)cc1. The van der Waals surface area contributed by atoms with Crippen LogP contribution in [0.25, 0.3) is 11.1 Å². The van der Waals surface area contributed by atoms with Gasteiger partial charge in [0.15, 0.2) is 6.29 Å². The monoisotopic (exact) mass is 504 g/mol. The first-order valence-corrected chi connectivity index (χ1v) is 10.7. The highest BCUT2D eigenvalue weighted by Crippen LogP contribution is 2.39. The summed E-state index contributed by atoms with van der Waals surface area (Å²) in [6, 6.07) is 13.4. The number of carboxylic acid groups (broad SMARTS) is 1. The molecule has 0 radical (unpaired) electrons. The molecule has 2 N–H and O–H groups in total. The predicted molar refractivity (Wildman–Crippen MR) is 125 cm³/mol. The van der Waals surface area contributed by atoms with Gasteiger partial charge >= 0.3 is 12.1 Å². The molecule has 0 bridgehead atoms. The van der Waals surface area contributed by atoms with Crippen molar-refractivity contribution in [3.05, 3.63) is 94.5 Å². The second-order valence-corrected chi connectivity index (χ2v) is 8.02. The average molecular weight is 505 g/mol. The van der Waals surface area contributed by atoms with Crippen LogP contribution in [-0.2, 0) is 17.6 Å². The lowest BCUT2D eigenvalue weighted by Crippen LogP contribution is -2.10. The Hall–Kier alpha value is -3.78. The molecule has 0 saturated heterocycles. The Balaban J connectivity index is 1.78. The first-order valence-electron chi connectivity index (χ1n) is 10.3. The molecule has 0 fully saturated rings. The Morgan fingerprint density at radius 1 is 1.11 bits per heavy atom. The maximum atomic E-state index is 12.9. The summed E-state index contributed by atoms with van der Waals surface area (Å²) in [7, 11) is 0.